The highest BCUT2D eigenvalue weighted by atomic mass is 35.5. The summed E-state index contributed by atoms with van der Waals surface area (Å²) < 4.78 is 37.7. The molecule has 1 aromatic rings. The molecule has 0 atom stereocenters. The van der Waals surface area contributed by atoms with Gasteiger partial charge in [0.2, 0.25) is 5.91 Å². The highest BCUT2D eigenvalue weighted by Crippen LogP contribution is 2.29. The summed E-state index contributed by atoms with van der Waals surface area (Å²) in [6, 6.07) is 3.08. The van der Waals surface area contributed by atoms with Crippen molar-refractivity contribution in [1.82, 2.24) is 15.6 Å². The van der Waals surface area contributed by atoms with Crippen molar-refractivity contribution in [1.29, 1.82) is 0 Å². The van der Waals surface area contributed by atoms with E-state index in [1.807, 2.05) is 4.90 Å². The number of nitrogens with zero attached hydrogens (tertiary/aromatic N) is 2. The van der Waals surface area contributed by atoms with Gasteiger partial charge in [-0.3, -0.25) is 4.79 Å². The van der Waals surface area contributed by atoms with Crippen LogP contribution in [0.25, 0.3) is 0 Å². The van der Waals surface area contributed by atoms with E-state index in [1.54, 1.807) is 0 Å². The summed E-state index contributed by atoms with van der Waals surface area (Å²) >= 11 is 0. The van der Waals surface area contributed by atoms with Crippen LogP contribution in [-0.2, 0) is 11.0 Å². The van der Waals surface area contributed by atoms with Gasteiger partial charge in [-0.05, 0) is 37.8 Å². The third-order valence-electron chi connectivity index (χ3n) is 4.39. The van der Waals surface area contributed by atoms with Crippen molar-refractivity contribution in [2.45, 2.75) is 43.9 Å². The van der Waals surface area contributed by atoms with E-state index < -0.39 is 11.7 Å². The number of piperidine rings is 1. The van der Waals surface area contributed by atoms with Crippen LogP contribution in [0.15, 0.2) is 18.3 Å². The number of hydrogen-bond donors (Lipinski definition) is 2. The largest absolute Gasteiger partial charge is 0.417 e. The van der Waals surface area contributed by atoms with Crippen LogP contribution in [0.4, 0.5) is 19.0 Å². The van der Waals surface area contributed by atoms with Gasteiger partial charge in [-0.15, -0.1) is 12.4 Å². The Labute approximate surface area is 150 Å². The SMILES string of the molecule is Cl.O=C(CNC1CC1)NC1CCN(c2ccc(C(F)(F)F)cn2)CC1. The maximum absolute atomic E-state index is 12.6. The second-order valence-electron chi connectivity index (χ2n) is 6.39. The van der Waals surface area contributed by atoms with Crippen LogP contribution >= 0.6 is 12.4 Å². The molecule has 1 aromatic heterocycles. The van der Waals surface area contributed by atoms with E-state index in [-0.39, 0.29) is 24.4 Å². The van der Waals surface area contributed by atoms with E-state index in [0.717, 1.165) is 37.9 Å². The highest BCUT2D eigenvalue weighted by Gasteiger charge is 2.31. The molecule has 0 unspecified atom stereocenters. The third kappa shape index (κ3) is 5.74. The smallest absolute Gasteiger partial charge is 0.356 e. The molecule has 0 aromatic carbocycles. The maximum atomic E-state index is 12.6. The second kappa shape index (κ2) is 8.23. The first-order chi connectivity index (χ1) is 11.4. The quantitative estimate of drug-likeness (QED) is 0.826. The van der Waals surface area contributed by atoms with Crippen LogP contribution in [0.5, 0.6) is 0 Å². The summed E-state index contributed by atoms with van der Waals surface area (Å²) in [6.07, 6.45) is 0.317. The van der Waals surface area contributed by atoms with Crippen molar-refractivity contribution in [3.63, 3.8) is 0 Å². The fraction of sp³-hybridized carbons (Fsp3) is 0.625. The first kappa shape index (κ1) is 19.8. The molecule has 9 heteroatoms. The van der Waals surface area contributed by atoms with E-state index in [9.17, 15) is 18.0 Å². The van der Waals surface area contributed by atoms with E-state index in [1.165, 1.54) is 6.07 Å². The zero-order valence-corrected chi connectivity index (χ0v) is 14.5. The lowest BCUT2D eigenvalue weighted by Gasteiger charge is -2.33. The van der Waals surface area contributed by atoms with E-state index in [0.29, 0.717) is 31.5 Å². The van der Waals surface area contributed by atoms with Gasteiger partial charge in [0.05, 0.1) is 12.1 Å². The third-order valence-corrected chi connectivity index (χ3v) is 4.39. The minimum absolute atomic E-state index is 0. The number of alkyl halides is 3. The summed E-state index contributed by atoms with van der Waals surface area (Å²) in [5.74, 6) is 0.552. The predicted octanol–water partition coefficient (Wildman–Crippen LogP) is 2.36. The molecule has 2 heterocycles. The number of carbonyl (C=O) groups excluding carboxylic acids is 1. The van der Waals surface area contributed by atoms with Gasteiger partial charge < -0.3 is 15.5 Å². The average molecular weight is 379 g/mol. The molecular formula is C16H22ClF3N4O. The molecule has 25 heavy (non-hydrogen) atoms. The number of anilines is 1. The number of carbonyl (C=O) groups is 1. The van der Waals surface area contributed by atoms with Gasteiger partial charge in [0.1, 0.15) is 5.82 Å². The van der Waals surface area contributed by atoms with Gasteiger partial charge in [0.25, 0.3) is 0 Å². The molecule has 1 saturated carbocycles. The molecule has 140 valence electrons. The molecule has 1 aliphatic heterocycles. The maximum Gasteiger partial charge on any atom is 0.417 e. The van der Waals surface area contributed by atoms with Crippen LogP contribution in [0, 0.1) is 0 Å². The molecule has 1 amide bonds. The van der Waals surface area contributed by atoms with Gasteiger partial charge >= 0.3 is 6.18 Å². The molecule has 2 N–H and O–H groups in total. The first-order valence-corrected chi connectivity index (χ1v) is 8.23. The molecule has 5 nitrogen and oxygen atoms in total. The Morgan fingerprint density at radius 2 is 1.84 bits per heavy atom. The zero-order chi connectivity index (χ0) is 17.2. The molecule has 3 rings (SSSR count). The summed E-state index contributed by atoms with van der Waals surface area (Å²) in [5.41, 5.74) is -0.739. The van der Waals surface area contributed by atoms with E-state index >= 15 is 0 Å². The predicted molar refractivity (Wildman–Crippen MR) is 90.9 cm³/mol. The number of hydrogen-bond acceptors (Lipinski definition) is 4. The Balaban J connectivity index is 0.00000225. The number of aromatic nitrogens is 1. The summed E-state index contributed by atoms with van der Waals surface area (Å²) in [6.45, 7) is 1.68. The van der Waals surface area contributed by atoms with Crippen molar-refractivity contribution in [2.24, 2.45) is 0 Å². The summed E-state index contributed by atoms with van der Waals surface area (Å²) in [7, 11) is 0. The highest BCUT2D eigenvalue weighted by molar-refractivity contribution is 5.85. The second-order valence-corrected chi connectivity index (χ2v) is 6.39. The number of halogens is 4. The fourth-order valence-corrected chi connectivity index (χ4v) is 2.80. The topological polar surface area (TPSA) is 57.3 Å². The lowest BCUT2D eigenvalue weighted by molar-refractivity contribution is -0.137. The van der Waals surface area contributed by atoms with Gasteiger partial charge in [0.15, 0.2) is 0 Å². The Morgan fingerprint density at radius 1 is 1.16 bits per heavy atom. The van der Waals surface area contributed by atoms with Crippen LogP contribution in [0.1, 0.15) is 31.2 Å². The van der Waals surface area contributed by atoms with Crippen LogP contribution in [0.2, 0.25) is 0 Å². The molecule has 0 bridgehead atoms. The average Bonchev–Trinajstić information content (AvgIpc) is 3.37. The minimum Gasteiger partial charge on any atom is -0.356 e. The Hall–Kier alpha value is -1.54. The molecule has 0 radical (unpaired) electrons. The van der Waals surface area contributed by atoms with Crippen LogP contribution < -0.4 is 15.5 Å². The Bertz CT molecular complexity index is 570. The van der Waals surface area contributed by atoms with Crippen molar-refractivity contribution in [2.75, 3.05) is 24.5 Å². The molecule has 0 spiro atoms. The summed E-state index contributed by atoms with van der Waals surface area (Å²) in [5, 5.41) is 6.18. The van der Waals surface area contributed by atoms with Gasteiger partial charge in [-0.1, -0.05) is 0 Å². The molecular weight excluding hydrogens is 357 g/mol. The lowest BCUT2D eigenvalue weighted by Crippen LogP contribution is -2.47. The van der Waals surface area contributed by atoms with Crippen molar-refractivity contribution < 1.29 is 18.0 Å². The van der Waals surface area contributed by atoms with Gasteiger partial charge in [-0.2, -0.15) is 13.2 Å². The van der Waals surface area contributed by atoms with Crippen molar-refractivity contribution in [3.8, 4) is 0 Å². The first-order valence-electron chi connectivity index (χ1n) is 8.23. The van der Waals surface area contributed by atoms with Gasteiger partial charge in [0, 0.05) is 31.4 Å². The number of nitrogens with one attached hydrogen (secondary N) is 2. The fourth-order valence-electron chi connectivity index (χ4n) is 2.80. The molecule has 1 aliphatic carbocycles. The lowest BCUT2D eigenvalue weighted by atomic mass is 10.0. The minimum atomic E-state index is -4.36. The molecule has 2 fully saturated rings. The number of pyridine rings is 1. The van der Waals surface area contributed by atoms with Gasteiger partial charge in [-0.25, -0.2) is 4.98 Å². The molecule has 1 saturated heterocycles. The zero-order valence-electron chi connectivity index (χ0n) is 13.7. The van der Waals surface area contributed by atoms with E-state index in [4.69, 9.17) is 0 Å². The number of amides is 1. The van der Waals surface area contributed by atoms with Crippen molar-refractivity contribution >= 4 is 24.1 Å². The summed E-state index contributed by atoms with van der Waals surface area (Å²) in [4.78, 5) is 17.7. The standard InChI is InChI=1S/C16H21F3N4O.ClH/c17-16(18,19)11-1-4-14(21-9-11)23-7-5-13(6-8-23)22-15(24)10-20-12-2-3-12;/h1,4,9,12-13,20H,2-3,5-8,10H2,(H,22,24);1H. The van der Waals surface area contributed by atoms with Crippen molar-refractivity contribution in [3.05, 3.63) is 23.9 Å². The Kier molecular flexibility index (Phi) is 6.51. The van der Waals surface area contributed by atoms with Crippen LogP contribution in [-0.4, -0.2) is 42.6 Å². The number of rotatable bonds is 5. The molecule has 2 aliphatic rings. The monoisotopic (exact) mass is 378 g/mol. The normalized spacial score (nSPS) is 18.6. The van der Waals surface area contributed by atoms with Crippen LogP contribution in [0.3, 0.4) is 0 Å². The van der Waals surface area contributed by atoms with E-state index in [2.05, 4.69) is 15.6 Å². The Morgan fingerprint density at radius 3 is 2.36 bits per heavy atom.